The Balaban J connectivity index is 1.57. The lowest BCUT2D eigenvalue weighted by molar-refractivity contribution is -0.117. The number of carbonyl (C=O) groups is 2. The summed E-state index contributed by atoms with van der Waals surface area (Å²) < 4.78 is 51.2. The number of ketones is 1. The van der Waals surface area contributed by atoms with Crippen molar-refractivity contribution in [3.8, 4) is 28.5 Å². The van der Waals surface area contributed by atoms with E-state index in [9.17, 15) is 9.59 Å². The average Bonchev–Trinajstić information content (AvgIpc) is 3.43. The first-order valence-electron chi connectivity index (χ1n) is 21.4. The number of anilines is 1. The SMILES string of the molecule is COCOc1cc(-c2ncc3c(N4CC5CCC(C4)N5C(=O)OC(C)(C)C)nc(CCCC(C)=O)c(C)c3c2F)c2c(C#C[Si](C(C)C)(C(C)C)C(C)C)c(F)ccc2c1. The Morgan fingerprint density at radius 3 is 2.22 bits per heavy atom. The molecule has 2 fully saturated rings. The highest BCUT2D eigenvalue weighted by molar-refractivity contribution is 6.90. The van der Waals surface area contributed by atoms with E-state index in [1.54, 1.807) is 31.3 Å². The average molecular weight is 841 g/mol. The van der Waals surface area contributed by atoms with Crippen LogP contribution in [0.3, 0.4) is 0 Å². The van der Waals surface area contributed by atoms with E-state index in [1.807, 2.05) is 32.6 Å². The van der Waals surface area contributed by atoms with Crippen LogP contribution in [0.5, 0.6) is 5.75 Å². The van der Waals surface area contributed by atoms with Gasteiger partial charge in [0.1, 0.15) is 42.5 Å². The summed E-state index contributed by atoms with van der Waals surface area (Å²) in [5, 5.41) is 1.99. The predicted molar refractivity (Wildman–Crippen MR) is 238 cm³/mol. The van der Waals surface area contributed by atoms with Crippen LogP contribution in [0.25, 0.3) is 32.8 Å². The number of carbonyl (C=O) groups excluding carboxylic acids is 2. The van der Waals surface area contributed by atoms with Gasteiger partial charge in [0.15, 0.2) is 12.6 Å². The molecule has 4 aromatic rings. The molecule has 0 N–H and O–H groups in total. The molecule has 0 saturated carbocycles. The monoisotopic (exact) mass is 840 g/mol. The molecule has 60 heavy (non-hydrogen) atoms. The molecule has 12 heteroatoms. The van der Waals surface area contributed by atoms with Gasteiger partial charge in [0.05, 0.1) is 17.6 Å². The van der Waals surface area contributed by atoms with Crippen molar-refractivity contribution in [1.82, 2.24) is 14.9 Å². The maximum atomic E-state index is 17.9. The van der Waals surface area contributed by atoms with Crippen LogP contribution in [0.4, 0.5) is 19.4 Å². The highest BCUT2D eigenvalue weighted by atomic mass is 28.3. The van der Waals surface area contributed by atoms with Crippen LogP contribution < -0.4 is 9.64 Å². The third-order valence-corrected chi connectivity index (χ3v) is 18.8. The number of aryl methyl sites for hydroxylation is 2. The van der Waals surface area contributed by atoms with Crippen LogP contribution >= 0.6 is 0 Å². The first-order valence-corrected chi connectivity index (χ1v) is 23.7. The van der Waals surface area contributed by atoms with Gasteiger partial charge in [-0.05, 0) is 106 Å². The van der Waals surface area contributed by atoms with Crippen LogP contribution in [-0.2, 0) is 20.7 Å². The molecule has 2 bridgehead atoms. The Bertz CT molecular complexity index is 2310. The number of methoxy groups -OCH3 is 1. The zero-order valence-electron chi connectivity index (χ0n) is 37.5. The molecular formula is C48H62F2N4O5Si. The molecular weight excluding hydrogens is 779 g/mol. The van der Waals surface area contributed by atoms with Crippen LogP contribution in [0.1, 0.15) is 112 Å². The van der Waals surface area contributed by atoms with Crippen molar-refractivity contribution in [2.24, 2.45) is 0 Å². The van der Waals surface area contributed by atoms with Crippen LogP contribution in [-0.4, -0.2) is 79.5 Å². The lowest BCUT2D eigenvalue weighted by Crippen LogP contribution is -2.57. The smallest absolute Gasteiger partial charge is 0.410 e. The molecule has 2 aliphatic heterocycles. The number of aromatic nitrogens is 2. The van der Waals surface area contributed by atoms with Crippen molar-refractivity contribution in [1.29, 1.82) is 0 Å². The van der Waals surface area contributed by atoms with Crippen molar-refractivity contribution in [2.75, 3.05) is 31.9 Å². The Hall–Kier alpha value is -4.60. The highest BCUT2D eigenvalue weighted by Gasteiger charge is 2.45. The topological polar surface area (TPSA) is 94.1 Å². The molecule has 2 unspecified atom stereocenters. The molecule has 322 valence electrons. The molecule has 1 amide bonds. The van der Waals surface area contributed by atoms with Crippen molar-refractivity contribution in [3.05, 3.63) is 58.9 Å². The number of hydrogen-bond acceptors (Lipinski definition) is 8. The van der Waals surface area contributed by atoms with Crippen molar-refractivity contribution >= 4 is 47.3 Å². The number of pyridine rings is 2. The first-order chi connectivity index (χ1) is 28.3. The third-order valence-electron chi connectivity index (χ3n) is 12.5. The second-order valence-electron chi connectivity index (χ2n) is 18.6. The van der Waals surface area contributed by atoms with E-state index in [0.717, 1.165) is 12.8 Å². The summed E-state index contributed by atoms with van der Waals surface area (Å²) in [5.74, 6) is 3.37. The van der Waals surface area contributed by atoms with Gasteiger partial charge in [-0.15, -0.1) is 5.54 Å². The molecule has 2 aromatic heterocycles. The van der Waals surface area contributed by atoms with E-state index in [-0.39, 0.29) is 42.0 Å². The molecule has 2 aliphatic rings. The summed E-state index contributed by atoms with van der Waals surface area (Å²) in [4.78, 5) is 39.4. The molecule has 2 aromatic carbocycles. The van der Waals surface area contributed by atoms with Crippen molar-refractivity contribution in [2.45, 2.75) is 143 Å². The van der Waals surface area contributed by atoms with Gasteiger partial charge in [-0.3, -0.25) is 9.88 Å². The highest BCUT2D eigenvalue weighted by Crippen LogP contribution is 2.44. The number of amides is 1. The summed E-state index contributed by atoms with van der Waals surface area (Å²) in [7, 11) is -0.772. The number of hydrogen-bond donors (Lipinski definition) is 0. The lowest BCUT2D eigenvalue weighted by Gasteiger charge is -2.42. The van der Waals surface area contributed by atoms with Crippen molar-refractivity contribution < 1.29 is 32.6 Å². The Kier molecular flexibility index (Phi) is 13.3. The summed E-state index contributed by atoms with van der Waals surface area (Å²) in [6.07, 6.45) is 4.38. The number of rotatable bonds is 12. The number of piperazine rings is 1. The fraction of sp³-hybridized carbons (Fsp3) is 0.542. The summed E-state index contributed by atoms with van der Waals surface area (Å²) >= 11 is 0. The van der Waals surface area contributed by atoms with Gasteiger partial charge < -0.3 is 23.9 Å². The number of ether oxygens (including phenoxy) is 3. The Morgan fingerprint density at radius 2 is 1.63 bits per heavy atom. The van der Waals surface area contributed by atoms with E-state index in [4.69, 9.17) is 24.2 Å². The van der Waals surface area contributed by atoms with E-state index in [1.165, 1.54) is 13.2 Å². The Morgan fingerprint density at radius 1 is 0.983 bits per heavy atom. The predicted octanol–water partition coefficient (Wildman–Crippen LogP) is 11.1. The molecule has 0 spiro atoms. The molecule has 2 saturated heterocycles. The molecule has 4 heterocycles. The number of nitrogens with zero attached hydrogens (tertiary/aromatic N) is 4. The number of Topliss-reactive ketones (excluding diaryl/α,β-unsaturated/α-hetero) is 1. The zero-order valence-corrected chi connectivity index (χ0v) is 38.5. The second kappa shape index (κ2) is 17.8. The molecule has 6 rings (SSSR count). The fourth-order valence-corrected chi connectivity index (χ4v) is 15.0. The number of halogens is 2. The largest absolute Gasteiger partial charge is 0.468 e. The van der Waals surface area contributed by atoms with Crippen molar-refractivity contribution in [3.63, 3.8) is 0 Å². The van der Waals surface area contributed by atoms with E-state index < -0.39 is 25.3 Å². The normalized spacial score (nSPS) is 16.9. The fourth-order valence-electron chi connectivity index (χ4n) is 9.84. The van der Waals surface area contributed by atoms with E-state index in [0.29, 0.717) is 98.9 Å². The molecule has 9 nitrogen and oxygen atoms in total. The maximum Gasteiger partial charge on any atom is 0.410 e. The van der Waals surface area contributed by atoms with E-state index >= 15 is 8.78 Å². The zero-order chi connectivity index (χ0) is 43.8. The van der Waals surface area contributed by atoms with Gasteiger partial charge in [-0.2, -0.15) is 0 Å². The standard InChI is InChI=1S/C48H62F2N4O5Si/c1-28(2)60(29(3)4,30(5)6)21-20-37-40(49)19-16-33-22-36(58-27-57-12)23-38(43(33)37)45-44(50)42-32(8)41(15-13-14-31(7)55)52-46(39(42)24-51-45)53-25-34-17-18-35(26-53)54(34)47(56)59-48(9,10)11/h16,19,22-24,28-30,34-35H,13-15,17-18,25-27H2,1-12H3. The number of fused-ring (bicyclic) bond motifs is 4. The molecule has 0 aliphatic carbocycles. The summed E-state index contributed by atoms with van der Waals surface area (Å²) in [6, 6.07) is 6.37. The number of benzene rings is 2. The minimum atomic E-state index is -2.30. The lowest BCUT2D eigenvalue weighted by atomic mass is 9.94. The maximum absolute atomic E-state index is 17.9. The van der Waals surface area contributed by atoms with Gasteiger partial charge in [0.2, 0.25) is 0 Å². The quantitative estimate of drug-likeness (QED) is 0.0791. The van der Waals surface area contributed by atoms with Gasteiger partial charge >= 0.3 is 6.09 Å². The van der Waals surface area contributed by atoms with Gasteiger partial charge in [0.25, 0.3) is 0 Å². The minimum absolute atomic E-state index is 0.0360. The first kappa shape index (κ1) is 44.9. The molecule has 0 radical (unpaired) electrons. The Labute approximate surface area is 355 Å². The minimum Gasteiger partial charge on any atom is -0.468 e. The van der Waals surface area contributed by atoms with Gasteiger partial charge in [-0.25, -0.2) is 18.6 Å². The summed E-state index contributed by atoms with van der Waals surface area (Å²) in [5.41, 5.74) is 5.96. The van der Waals surface area contributed by atoms with E-state index in [2.05, 4.69) is 57.9 Å². The van der Waals surface area contributed by atoms with Gasteiger partial charge in [-0.1, -0.05) is 53.5 Å². The second-order valence-corrected chi connectivity index (χ2v) is 24.2. The third kappa shape index (κ3) is 8.76. The molecule has 2 atom stereocenters. The summed E-state index contributed by atoms with van der Waals surface area (Å²) in [6.45, 7) is 23.3. The van der Waals surface area contributed by atoms with Crippen LogP contribution in [0.15, 0.2) is 30.5 Å². The van der Waals surface area contributed by atoms with Gasteiger partial charge in [0, 0.05) is 60.2 Å². The van der Waals surface area contributed by atoms with Crippen LogP contribution in [0.2, 0.25) is 16.6 Å². The van der Waals surface area contributed by atoms with Crippen LogP contribution in [0, 0.1) is 30.0 Å².